The highest BCUT2D eigenvalue weighted by Crippen LogP contribution is 2.58. The van der Waals surface area contributed by atoms with E-state index in [-0.39, 0.29) is 11.5 Å². The molecule has 32 heavy (non-hydrogen) atoms. The highest BCUT2D eigenvalue weighted by molar-refractivity contribution is 7.60. The fourth-order valence-corrected chi connectivity index (χ4v) is 4.89. The van der Waals surface area contributed by atoms with Crippen LogP contribution < -0.4 is 5.73 Å². The van der Waals surface area contributed by atoms with Gasteiger partial charge in [0.05, 0.1) is 25.4 Å². The second-order valence-electron chi connectivity index (χ2n) is 7.02. The standard InChI is InChI=1S/C15H22N4O11P2/c1-15(21)11(20)9(6-28-32(25,26)30-31(22,23)24)29-14(15)19-5-8(3-4-27-2)10-12(16)17-7-18-13(10)19/h3-5,7,9,11,14,20-21H,6H2,1-2H3,(H,25,26)(H2,16,17,18)(H2,22,23,24)/t9?,11?,14?,15-/m1/s1. The summed E-state index contributed by atoms with van der Waals surface area (Å²) in [5.41, 5.74) is 4.78. The summed E-state index contributed by atoms with van der Waals surface area (Å²) >= 11 is 0. The minimum absolute atomic E-state index is 0.137. The third kappa shape index (κ3) is 5.02. The van der Waals surface area contributed by atoms with Gasteiger partial charge in [-0.15, -0.1) is 0 Å². The molecule has 15 nitrogen and oxygen atoms in total. The predicted molar refractivity (Wildman–Crippen MR) is 107 cm³/mol. The molecule has 2 aromatic heterocycles. The number of rotatable bonds is 8. The van der Waals surface area contributed by atoms with E-state index < -0.39 is 46.3 Å². The molecule has 3 heterocycles. The number of nitrogen functional groups attached to an aromatic ring is 1. The number of nitrogens with two attached hydrogens (primary N) is 1. The van der Waals surface area contributed by atoms with Crippen molar-refractivity contribution < 1.29 is 52.3 Å². The van der Waals surface area contributed by atoms with Crippen LogP contribution in [0.15, 0.2) is 18.8 Å². The fourth-order valence-electron chi connectivity index (χ4n) is 3.29. The largest absolute Gasteiger partial charge is 0.504 e. The smallest absolute Gasteiger partial charge is 0.481 e. The Labute approximate surface area is 180 Å². The van der Waals surface area contributed by atoms with Gasteiger partial charge in [-0.05, 0) is 13.0 Å². The molecule has 1 aliphatic rings. The molecule has 0 aromatic carbocycles. The molecule has 178 valence electrons. The van der Waals surface area contributed by atoms with Crippen LogP contribution in [0.3, 0.4) is 0 Å². The predicted octanol–water partition coefficient (Wildman–Crippen LogP) is -0.134. The quantitative estimate of drug-likeness (QED) is 0.207. The van der Waals surface area contributed by atoms with Crippen molar-refractivity contribution in [3.05, 3.63) is 24.3 Å². The van der Waals surface area contributed by atoms with Crippen LogP contribution in [0, 0.1) is 0 Å². The number of phosphoric ester groups is 1. The summed E-state index contributed by atoms with van der Waals surface area (Å²) in [6.45, 7) is 0.419. The van der Waals surface area contributed by atoms with Crippen molar-refractivity contribution in [3.8, 4) is 0 Å². The average Bonchev–Trinajstić information content (AvgIpc) is 3.13. The zero-order valence-corrected chi connectivity index (χ0v) is 18.5. The first-order valence-electron chi connectivity index (χ1n) is 8.87. The van der Waals surface area contributed by atoms with Gasteiger partial charge >= 0.3 is 15.6 Å². The lowest BCUT2D eigenvalue weighted by Crippen LogP contribution is -2.44. The summed E-state index contributed by atoms with van der Waals surface area (Å²) in [6, 6.07) is 0. The molecule has 17 heteroatoms. The Morgan fingerprint density at radius 3 is 2.66 bits per heavy atom. The Bertz CT molecular complexity index is 1110. The number of ether oxygens (including phenoxy) is 2. The number of aliphatic hydroxyl groups is 2. The number of hydrogen-bond donors (Lipinski definition) is 6. The van der Waals surface area contributed by atoms with Crippen molar-refractivity contribution in [2.75, 3.05) is 19.5 Å². The van der Waals surface area contributed by atoms with Gasteiger partial charge in [-0.2, -0.15) is 4.31 Å². The number of methoxy groups -OCH3 is 1. The maximum absolute atomic E-state index is 11.7. The molecule has 1 saturated heterocycles. The van der Waals surface area contributed by atoms with Gasteiger partial charge in [0.15, 0.2) is 6.23 Å². The molecule has 1 aliphatic heterocycles. The molecule has 0 amide bonds. The zero-order chi connectivity index (χ0) is 23.9. The molecule has 3 rings (SSSR count). The molecule has 0 spiro atoms. The van der Waals surface area contributed by atoms with E-state index in [1.54, 1.807) is 6.08 Å². The van der Waals surface area contributed by atoms with Crippen molar-refractivity contribution in [2.45, 2.75) is 31.0 Å². The fraction of sp³-hybridized carbons (Fsp3) is 0.467. The third-order valence-corrected chi connectivity index (χ3v) is 6.82. The SMILES string of the molecule is COC=Cc1cn(C2OC(COP(=O)(O)OP(=O)(O)O)C(O)[C@@]2(C)O)c2ncnc(N)c12. The van der Waals surface area contributed by atoms with Gasteiger partial charge in [0.1, 0.15) is 35.6 Å². The van der Waals surface area contributed by atoms with E-state index >= 15 is 0 Å². The Kier molecular flexibility index (Phi) is 6.80. The number of anilines is 1. The van der Waals surface area contributed by atoms with Crippen molar-refractivity contribution in [2.24, 2.45) is 0 Å². The monoisotopic (exact) mass is 496 g/mol. The highest BCUT2D eigenvalue weighted by Gasteiger charge is 2.54. The minimum Gasteiger partial charge on any atom is -0.504 e. The first-order chi connectivity index (χ1) is 14.8. The second-order valence-corrected chi connectivity index (χ2v) is 9.85. The van der Waals surface area contributed by atoms with Gasteiger partial charge < -0.3 is 44.7 Å². The molecular formula is C15H22N4O11P2. The molecular weight excluding hydrogens is 474 g/mol. The summed E-state index contributed by atoms with van der Waals surface area (Å²) in [5, 5.41) is 21.9. The summed E-state index contributed by atoms with van der Waals surface area (Å²) < 4.78 is 42.6. The molecule has 0 bridgehead atoms. The van der Waals surface area contributed by atoms with Gasteiger partial charge in [-0.1, -0.05) is 0 Å². The number of fused-ring (bicyclic) bond motifs is 1. The summed E-state index contributed by atoms with van der Waals surface area (Å²) in [7, 11) is -9.07. The Morgan fingerprint density at radius 1 is 1.34 bits per heavy atom. The molecule has 1 fully saturated rings. The number of aliphatic hydroxyl groups excluding tert-OH is 1. The van der Waals surface area contributed by atoms with Gasteiger partial charge in [0.25, 0.3) is 0 Å². The normalized spacial score (nSPS) is 28.4. The van der Waals surface area contributed by atoms with E-state index in [9.17, 15) is 24.2 Å². The Morgan fingerprint density at radius 2 is 2.03 bits per heavy atom. The van der Waals surface area contributed by atoms with Crippen LogP contribution in [0.25, 0.3) is 17.1 Å². The maximum Gasteiger partial charge on any atom is 0.481 e. The van der Waals surface area contributed by atoms with Gasteiger partial charge in [-0.25, -0.2) is 19.1 Å². The van der Waals surface area contributed by atoms with E-state index in [1.807, 2.05) is 0 Å². The topological polar surface area (TPSA) is 229 Å². The zero-order valence-electron chi connectivity index (χ0n) is 16.7. The van der Waals surface area contributed by atoms with Crippen molar-refractivity contribution in [1.82, 2.24) is 14.5 Å². The van der Waals surface area contributed by atoms with E-state index in [4.69, 9.17) is 25.0 Å². The number of phosphoric acid groups is 2. The lowest BCUT2D eigenvalue weighted by molar-refractivity contribution is -0.0947. The van der Waals surface area contributed by atoms with E-state index in [0.29, 0.717) is 10.9 Å². The van der Waals surface area contributed by atoms with Gasteiger partial charge in [0, 0.05) is 11.8 Å². The van der Waals surface area contributed by atoms with Crippen molar-refractivity contribution >= 4 is 38.6 Å². The molecule has 0 aliphatic carbocycles. The first-order valence-corrected chi connectivity index (χ1v) is 11.9. The van der Waals surface area contributed by atoms with E-state index in [2.05, 4.69) is 18.8 Å². The first kappa shape index (κ1) is 24.7. The Hall–Kier alpha value is -1.90. The second kappa shape index (κ2) is 8.80. The maximum atomic E-state index is 11.7. The highest BCUT2D eigenvalue weighted by atomic mass is 31.3. The number of nitrogens with zero attached hydrogens (tertiary/aromatic N) is 3. The summed E-state index contributed by atoms with van der Waals surface area (Å²) in [5.74, 6) is 0.137. The van der Waals surface area contributed by atoms with Gasteiger partial charge in [-0.3, -0.25) is 4.52 Å². The Balaban J connectivity index is 1.92. The average molecular weight is 496 g/mol. The van der Waals surface area contributed by atoms with Crippen LogP contribution in [-0.2, 0) is 27.4 Å². The van der Waals surface area contributed by atoms with Crippen LogP contribution in [-0.4, -0.2) is 71.0 Å². The lowest BCUT2D eigenvalue weighted by Gasteiger charge is -2.27. The van der Waals surface area contributed by atoms with Crippen LogP contribution >= 0.6 is 15.6 Å². The van der Waals surface area contributed by atoms with E-state index in [1.165, 1.54) is 37.4 Å². The van der Waals surface area contributed by atoms with Crippen LogP contribution in [0.2, 0.25) is 0 Å². The van der Waals surface area contributed by atoms with Gasteiger partial charge in [0.2, 0.25) is 0 Å². The molecule has 4 unspecified atom stereocenters. The summed E-state index contributed by atoms with van der Waals surface area (Å²) in [4.78, 5) is 34.9. The van der Waals surface area contributed by atoms with Crippen LogP contribution in [0.5, 0.6) is 0 Å². The summed E-state index contributed by atoms with van der Waals surface area (Å²) in [6.07, 6.45) is 1.37. The molecule has 7 N–H and O–H groups in total. The lowest BCUT2D eigenvalue weighted by atomic mass is 9.96. The van der Waals surface area contributed by atoms with Crippen LogP contribution in [0.1, 0.15) is 18.7 Å². The molecule has 5 atom stereocenters. The third-order valence-electron chi connectivity index (χ3n) is 4.67. The molecule has 0 radical (unpaired) electrons. The molecule has 2 aromatic rings. The number of hydrogen-bond acceptors (Lipinski definition) is 11. The van der Waals surface area contributed by atoms with Crippen molar-refractivity contribution in [3.63, 3.8) is 0 Å². The number of aromatic nitrogens is 3. The molecule has 0 saturated carbocycles. The minimum atomic E-state index is -5.33. The van der Waals surface area contributed by atoms with E-state index in [0.717, 1.165) is 0 Å². The van der Waals surface area contributed by atoms with Crippen molar-refractivity contribution in [1.29, 1.82) is 0 Å². The van der Waals surface area contributed by atoms with Crippen LogP contribution in [0.4, 0.5) is 5.82 Å².